The lowest BCUT2D eigenvalue weighted by molar-refractivity contribution is 0.0926. The highest BCUT2D eigenvalue weighted by atomic mass is 16.2. The van der Waals surface area contributed by atoms with E-state index in [1.807, 2.05) is 47.0 Å². The lowest BCUT2D eigenvalue weighted by Crippen LogP contribution is -2.34. The zero-order valence-electron chi connectivity index (χ0n) is 15.6. The Labute approximate surface area is 158 Å². The van der Waals surface area contributed by atoms with E-state index in [1.165, 1.54) is 0 Å². The number of aromatic nitrogens is 2. The Balaban J connectivity index is 1.60. The van der Waals surface area contributed by atoms with E-state index in [9.17, 15) is 9.59 Å². The molecule has 2 heterocycles. The van der Waals surface area contributed by atoms with E-state index in [1.54, 1.807) is 12.1 Å². The minimum absolute atomic E-state index is 0.156. The number of nitrogens with one attached hydrogen (secondary N) is 2. The van der Waals surface area contributed by atoms with Gasteiger partial charge in [0.2, 0.25) is 0 Å². The molecule has 0 saturated heterocycles. The molecule has 6 nitrogen and oxygen atoms in total. The number of imidazole rings is 1. The molecule has 3 aromatic rings. The highest BCUT2D eigenvalue weighted by Crippen LogP contribution is 2.15. The Bertz CT molecular complexity index is 932. The van der Waals surface area contributed by atoms with Crippen LogP contribution in [0.1, 0.15) is 40.5 Å². The molecule has 0 radical (unpaired) electrons. The van der Waals surface area contributed by atoms with E-state index in [0.29, 0.717) is 30.3 Å². The Morgan fingerprint density at radius 1 is 0.963 bits per heavy atom. The van der Waals surface area contributed by atoms with Gasteiger partial charge < -0.3 is 15.0 Å². The SMILES string of the molecule is CC(C)Cc1nc(C(=O)NCCNC(=O)c2ccccc2)c2ccccn12. The van der Waals surface area contributed by atoms with Gasteiger partial charge in [-0.3, -0.25) is 9.59 Å². The molecule has 0 aliphatic carbocycles. The van der Waals surface area contributed by atoms with E-state index in [2.05, 4.69) is 29.5 Å². The van der Waals surface area contributed by atoms with Crippen molar-refractivity contribution in [2.45, 2.75) is 20.3 Å². The molecule has 0 aliphatic rings. The van der Waals surface area contributed by atoms with Gasteiger partial charge in [0.1, 0.15) is 5.82 Å². The smallest absolute Gasteiger partial charge is 0.272 e. The Hall–Kier alpha value is -3.15. The monoisotopic (exact) mass is 364 g/mol. The summed E-state index contributed by atoms with van der Waals surface area (Å²) >= 11 is 0. The fourth-order valence-electron chi connectivity index (χ4n) is 2.90. The van der Waals surface area contributed by atoms with Gasteiger partial charge in [0.25, 0.3) is 11.8 Å². The molecular weight excluding hydrogens is 340 g/mol. The first kappa shape index (κ1) is 18.6. The number of carbonyl (C=O) groups excluding carboxylic acids is 2. The van der Waals surface area contributed by atoms with Crippen LogP contribution in [0.3, 0.4) is 0 Å². The van der Waals surface area contributed by atoms with Gasteiger partial charge in [-0.05, 0) is 30.2 Å². The Kier molecular flexibility index (Phi) is 5.86. The summed E-state index contributed by atoms with van der Waals surface area (Å²) in [5.74, 6) is 0.933. The van der Waals surface area contributed by atoms with Crippen molar-refractivity contribution in [3.8, 4) is 0 Å². The maximum Gasteiger partial charge on any atom is 0.272 e. The third kappa shape index (κ3) is 4.53. The van der Waals surface area contributed by atoms with Crippen molar-refractivity contribution in [1.82, 2.24) is 20.0 Å². The van der Waals surface area contributed by atoms with E-state index < -0.39 is 0 Å². The molecule has 0 saturated carbocycles. The molecule has 27 heavy (non-hydrogen) atoms. The van der Waals surface area contributed by atoms with Crippen molar-refractivity contribution < 1.29 is 9.59 Å². The summed E-state index contributed by atoms with van der Waals surface area (Å²) in [5.41, 5.74) is 1.81. The van der Waals surface area contributed by atoms with Crippen molar-refractivity contribution in [2.24, 2.45) is 5.92 Å². The summed E-state index contributed by atoms with van der Waals surface area (Å²) < 4.78 is 1.96. The van der Waals surface area contributed by atoms with Crippen molar-refractivity contribution in [3.63, 3.8) is 0 Å². The number of fused-ring (bicyclic) bond motifs is 1. The third-order valence-corrected chi connectivity index (χ3v) is 4.16. The Morgan fingerprint density at radius 3 is 2.33 bits per heavy atom. The summed E-state index contributed by atoms with van der Waals surface area (Å²) in [6.07, 6.45) is 2.72. The molecule has 0 atom stereocenters. The van der Waals surface area contributed by atoms with Gasteiger partial charge in [0, 0.05) is 31.3 Å². The largest absolute Gasteiger partial charge is 0.350 e. The second kappa shape index (κ2) is 8.49. The van der Waals surface area contributed by atoms with E-state index in [-0.39, 0.29) is 11.8 Å². The Morgan fingerprint density at radius 2 is 1.63 bits per heavy atom. The second-order valence-corrected chi connectivity index (χ2v) is 6.81. The lowest BCUT2D eigenvalue weighted by atomic mass is 10.1. The van der Waals surface area contributed by atoms with Gasteiger partial charge in [-0.2, -0.15) is 0 Å². The predicted molar refractivity (Wildman–Crippen MR) is 105 cm³/mol. The van der Waals surface area contributed by atoms with Crippen LogP contribution in [0.4, 0.5) is 0 Å². The van der Waals surface area contributed by atoms with Gasteiger partial charge >= 0.3 is 0 Å². The van der Waals surface area contributed by atoms with Crippen molar-refractivity contribution in [1.29, 1.82) is 0 Å². The summed E-state index contributed by atoms with van der Waals surface area (Å²) in [5, 5.41) is 5.63. The maximum absolute atomic E-state index is 12.6. The fourth-order valence-corrected chi connectivity index (χ4v) is 2.90. The van der Waals surface area contributed by atoms with Gasteiger partial charge in [-0.1, -0.05) is 38.1 Å². The number of pyridine rings is 1. The molecule has 1 aromatic carbocycles. The molecule has 3 rings (SSSR count). The number of carbonyl (C=O) groups is 2. The first-order chi connectivity index (χ1) is 13.1. The van der Waals surface area contributed by atoms with Crippen molar-refractivity contribution in [2.75, 3.05) is 13.1 Å². The number of hydrogen-bond donors (Lipinski definition) is 2. The average Bonchev–Trinajstić information content (AvgIpc) is 3.04. The first-order valence-corrected chi connectivity index (χ1v) is 9.13. The van der Waals surface area contributed by atoms with Crippen LogP contribution in [-0.2, 0) is 6.42 Å². The maximum atomic E-state index is 12.6. The van der Waals surface area contributed by atoms with Crippen LogP contribution in [0.2, 0.25) is 0 Å². The van der Waals surface area contributed by atoms with Crippen LogP contribution < -0.4 is 10.6 Å². The predicted octanol–water partition coefficient (Wildman–Crippen LogP) is 2.69. The molecule has 0 bridgehead atoms. The molecular formula is C21H24N4O2. The minimum atomic E-state index is -0.234. The molecule has 2 N–H and O–H groups in total. The molecule has 0 fully saturated rings. The number of hydrogen-bond acceptors (Lipinski definition) is 3. The number of benzene rings is 1. The van der Waals surface area contributed by atoms with Crippen LogP contribution in [0.5, 0.6) is 0 Å². The average molecular weight is 364 g/mol. The molecule has 140 valence electrons. The summed E-state index contributed by atoms with van der Waals surface area (Å²) in [7, 11) is 0. The molecule has 2 amide bonds. The van der Waals surface area contributed by atoms with E-state index >= 15 is 0 Å². The number of amides is 2. The van der Waals surface area contributed by atoms with Crippen LogP contribution in [0.25, 0.3) is 5.52 Å². The molecule has 0 aliphatic heterocycles. The fraction of sp³-hybridized carbons (Fsp3) is 0.286. The quantitative estimate of drug-likeness (QED) is 0.633. The molecule has 6 heteroatoms. The van der Waals surface area contributed by atoms with Gasteiger partial charge in [0.15, 0.2) is 5.69 Å². The van der Waals surface area contributed by atoms with Crippen LogP contribution in [-0.4, -0.2) is 34.3 Å². The summed E-state index contributed by atoms with van der Waals surface area (Å²) in [6, 6.07) is 14.7. The van der Waals surface area contributed by atoms with Gasteiger partial charge in [-0.15, -0.1) is 0 Å². The number of rotatable bonds is 7. The summed E-state index contributed by atoms with van der Waals surface area (Å²) in [6.45, 7) is 4.94. The van der Waals surface area contributed by atoms with Gasteiger partial charge in [-0.25, -0.2) is 4.98 Å². The lowest BCUT2D eigenvalue weighted by Gasteiger charge is -2.06. The highest BCUT2D eigenvalue weighted by Gasteiger charge is 2.17. The van der Waals surface area contributed by atoms with Crippen molar-refractivity contribution >= 4 is 17.3 Å². The molecule has 0 spiro atoms. The van der Waals surface area contributed by atoms with Crippen LogP contribution >= 0.6 is 0 Å². The molecule has 2 aromatic heterocycles. The first-order valence-electron chi connectivity index (χ1n) is 9.13. The highest BCUT2D eigenvalue weighted by molar-refractivity contribution is 5.99. The van der Waals surface area contributed by atoms with E-state index in [0.717, 1.165) is 17.8 Å². The zero-order valence-corrected chi connectivity index (χ0v) is 15.6. The van der Waals surface area contributed by atoms with Crippen LogP contribution in [0.15, 0.2) is 54.7 Å². The third-order valence-electron chi connectivity index (χ3n) is 4.16. The minimum Gasteiger partial charge on any atom is -0.350 e. The van der Waals surface area contributed by atoms with E-state index in [4.69, 9.17) is 0 Å². The second-order valence-electron chi connectivity index (χ2n) is 6.81. The number of nitrogens with zero attached hydrogens (tertiary/aromatic N) is 2. The van der Waals surface area contributed by atoms with Crippen LogP contribution in [0, 0.1) is 5.92 Å². The zero-order chi connectivity index (χ0) is 19.2. The summed E-state index contributed by atoms with van der Waals surface area (Å²) in [4.78, 5) is 29.1. The molecule has 0 unspecified atom stereocenters. The van der Waals surface area contributed by atoms with Gasteiger partial charge in [0.05, 0.1) is 5.52 Å². The van der Waals surface area contributed by atoms with Crippen molar-refractivity contribution in [3.05, 3.63) is 71.8 Å². The standard InChI is InChI=1S/C21H24N4O2/c1-15(2)14-18-24-19(17-10-6-7-13-25(17)18)21(27)23-12-11-22-20(26)16-8-4-3-5-9-16/h3-10,13,15H,11-12,14H2,1-2H3,(H,22,26)(H,23,27). The normalized spacial score (nSPS) is 10.9. The topological polar surface area (TPSA) is 75.5 Å².